The van der Waals surface area contributed by atoms with E-state index in [0.717, 1.165) is 0 Å². The van der Waals surface area contributed by atoms with E-state index in [4.69, 9.17) is 9.47 Å². The van der Waals surface area contributed by atoms with Crippen molar-refractivity contribution in [1.82, 2.24) is 5.43 Å². The fourth-order valence-electron chi connectivity index (χ4n) is 2.03. The second-order valence-corrected chi connectivity index (χ2v) is 4.84. The lowest BCUT2D eigenvalue weighted by atomic mass is 10.2. The predicted molar refractivity (Wildman–Crippen MR) is 81.9 cm³/mol. The fraction of sp³-hybridized carbons (Fsp3) is 0.125. The number of carbonyl (C=O) groups is 1. The number of hydrogen-bond donors (Lipinski definition) is 3. The van der Waals surface area contributed by atoms with Crippen molar-refractivity contribution in [2.75, 3.05) is 6.61 Å². The average Bonchev–Trinajstić information content (AvgIpc) is 2.57. The lowest BCUT2D eigenvalue weighted by Gasteiger charge is -2.24. The monoisotopic (exact) mass is 314 g/mol. The highest BCUT2D eigenvalue weighted by molar-refractivity contribution is 5.87. The van der Waals surface area contributed by atoms with Crippen LogP contribution in [0.1, 0.15) is 5.56 Å². The first-order valence-electron chi connectivity index (χ1n) is 6.87. The minimum Gasteiger partial charge on any atom is -0.508 e. The number of fused-ring (bicyclic) bond motifs is 1. The number of aromatic hydroxyl groups is 2. The second-order valence-electron chi connectivity index (χ2n) is 4.84. The number of phenols is 2. The third kappa shape index (κ3) is 3.34. The summed E-state index contributed by atoms with van der Waals surface area (Å²) in [7, 11) is 0. The number of carbonyl (C=O) groups excluding carboxylic acids is 1. The zero-order valence-corrected chi connectivity index (χ0v) is 12.0. The highest BCUT2D eigenvalue weighted by Crippen LogP contribution is 2.30. The molecule has 1 amide bonds. The van der Waals surface area contributed by atoms with Crippen LogP contribution in [-0.4, -0.2) is 35.0 Å². The van der Waals surface area contributed by atoms with Gasteiger partial charge in [0.2, 0.25) is 6.10 Å². The van der Waals surface area contributed by atoms with Crippen molar-refractivity contribution < 1.29 is 24.5 Å². The molecule has 1 heterocycles. The van der Waals surface area contributed by atoms with E-state index < -0.39 is 12.0 Å². The summed E-state index contributed by atoms with van der Waals surface area (Å²) in [6.45, 7) is 0.0791. The molecule has 3 rings (SSSR count). The molecule has 0 radical (unpaired) electrons. The van der Waals surface area contributed by atoms with Gasteiger partial charge in [0.15, 0.2) is 11.5 Å². The lowest BCUT2D eigenvalue weighted by Crippen LogP contribution is -2.42. The highest BCUT2D eigenvalue weighted by atomic mass is 16.6. The summed E-state index contributed by atoms with van der Waals surface area (Å²) in [5, 5.41) is 22.7. The van der Waals surface area contributed by atoms with Crippen LogP contribution in [0.3, 0.4) is 0 Å². The summed E-state index contributed by atoms with van der Waals surface area (Å²) >= 11 is 0. The van der Waals surface area contributed by atoms with Gasteiger partial charge in [-0.3, -0.25) is 4.79 Å². The topological polar surface area (TPSA) is 100 Å². The van der Waals surface area contributed by atoms with Crippen molar-refractivity contribution in [2.45, 2.75) is 6.10 Å². The van der Waals surface area contributed by atoms with Crippen molar-refractivity contribution in [3.63, 3.8) is 0 Å². The van der Waals surface area contributed by atoms with Crippen LogP contribution in [0.4, 0.5) is 0 Å². The normalized spacial score (nSPS) is 16.3. The molecule has 0 saturated heterocycles. The third-order valence-corrected chi connectivity index (χ3v) is 3.19. The molecule has 3 N–H and O–H groups in total. The number of hydrogen-bond acceptors (Lipinski definition) is 6. The van der Waals surface area contributed by atoms with Crippen molar-refractivity contribution >= 4 is 12.1 Å². The molecule has 0 bridgehead atoms. The minimum absolute atomic E-state index is 0.0174. The van der Waals surface area contributed by atoms with Gasteiger partial charge in [-0.2, -0.15) is 5.10 Å². The molecule has 0 unspecified atom stereocenters. The van der Waals surface area contributed by atoms with E-state index in [-0.39, 0.29) is 23.7 Å². The molecule has 0 saturated carbocycles. The number of phenolic OH excluding ortho intramolecular Hbond substituents is 2. The number of benzene rings is 2. The van der Waals surface area contributed by atoms with Gasteiger partial charge >= 0.3 is 0 Å². The molecule has 23 heavy (non-hydrogen) atoms. The maximum absolute atomic E-state index is 12.0. The number of ether oxygens (including phenoxy) is 2. The molecule has 0 aromatic heterocycles. The van der Waals surface area contributed by atoms with Crippen molar-refractivity contribution in [3.05, 3.63) is 48.0 Å². The predicted octanol–water partition coefficient (Wildman–Crippen LogP) is 1.39. The minimum atomic E-state index is -0.820. The third-order valence-electron chi connectivity index (χ3n) is 3.19. The van der Waals surface area contributed by atoms with Gasteiger partial charge < -0.3 is 19.7 Å². The smallest absolute Gasteiger partial charge is 0.284 e. The van der Waals surface area contributed by atoms with Gasteiger partial charge in [0.05, 0.1) is 6.21 Å². The first kappa shape index (κ1) is 14.7. The summed E-state index contributed by atoms with van der Waals surface area (Å²) in [6.07, 6.45) is 0.407. The molecule has 0 fully saturated rings. The largest absolute Gasteiger partial charge is 0.508 e. The van der Waals surface area contributed by atoms with Crippen LogP contribution in [0.25, 0.3) is 0 Å². The molecular formula is C16H14N2O5. The maximum atomic E-state index is 12.0. The first-order chi connectivity index (χ1) is 11.1. The quantitative estimate of drug-likeness (QED) is 0.451. The Labute approximate surface area is 131 Å². The van der Waals surface area contributed by atoms with Crippen LogP contribution in [0.2, 0.25) is 0 Å². The molecule has 7 heteroatoms. The van der Waals surface area contributed by atoms with Crippen LogP contribution in [-0.2, 0) is 4.79 Å². The summed E-state index contributed by atoms with van der Waals surface area (Å²) in [4.78, 5) is 12.0. The van der Waals surface area contributed by atoms with Crippen LogP contribution in [0.15, 0.2) is 47.6 Å². The number of hydrazone groups is 1. The SMILES string of the molecule is O=C(N/N=C/c1cc(O)ccc1O)[C@H]1COc2ccccc2O1. The van der Waals surface area contributed by atoms with Crippen LogP contribution < -0.4 is 14.9 Å². The maximum Gasteiger partial charge on any atom is 0.284 e. The molecule has 118 valence electrons. The highest BCUT2D eigenvalue weighted by Gasteiger charge is 2.26. The molecule has 0 aliphatic carbocycles. The van der Waals surface area contributed by atoms with Crippen molar-refractivity contribution in [1.29, 1.82) is 0 Å². The Morgan fingerprint density at radius 2 is 2.00 bits per heavy atom. The summed E-state index contributed by atoms with van der Waals surface area (Å²) in [5.74, 6) is 0.525. The molecule has 1 atom stereocenters. The molecule has 0 spiro atoms. The van der Waals surface area contributed by atoms with E-state index in [9.17, 15) is 15.0 Å². The standard InChI is InChI=1S/C16H14N2O5/c19-11-5-6-12(20)10(7-11)8-17-18-16(21)15-9-22-13-3-1-2-4-14(13)23-15/h1-8,15,19-20H,9H2,(H,18,21)/b17-8+/t15-/m1/s1. The summed E-state index contributed by atoms with van der Waals surface area (Å²) in [6, 6.07) is 11.1. The Bertz CT molecular complexity index is 760. The van der Waals surface area contributed by atoms with Crippen molar-refractivity contribution in [2.24, 2.45) is 5.10 Å². The Hall–Kier alpha value is -3.22. The number of para-hydroxylation sites is 2. The average molecular weight is 314 g/mol. The molecule has 1 aliphatic heterocycles. The molecular weight excluding hydrogens is 300 g/mol. The molecule has 2 aromatic rings. The van der Waals surface area contributed by atoms with Gasteiger partial charge in [-0.05, 0) is 30.3 Å². The van der Waals surface area contributed by atoms with E-state index in [1.807, 2.05) is 6.07 Å². The van der Waals surface area contributed by atoms with Gasteiger partial charge in [-0.25, -0.2) is 5.43 Å². The van der Waals surface area contributed by atoms with Gasteiger partial charge in [-0.1, -0.05) is 12.1 Å². The Morgan fingerprint density at radius 3 is 2.83 bits per heavy atom. The summed E-state index contributed by atoms with van der Waals surface area (Å²) in [5.41, 5.74) is 2.59. The van der Waals surface area contributed by atoms with Crippen LogP contribution in [0.5, 0.6) is 23.0 Å². The zero-order valence-electron chi connectivity index (χ0n) is 12.0. The second kappa shape index (κ2) is 6.27. The van der Waals surface area contributed by atoms with E-state index in [0.29, 0.717) is 11.5 Å². The number of rotatable bonds is 3. The van der Waals surface area contributed by atoms with Gasteiger partial charge in [0.25, 0.3) is 5.91 Å². The van der Waals surface area contributed by atoms with Crippen LogP contribution >= 0.6 is 0 Å². The number of nitrogens with zero attached hydrogens (tertiary/aromatic N) is 1. The fourth-order valence-corrected chi connectivity index (χ4v) is 2.03. The Balaban J connectivity index is 1.62. The first-order valence-corrected chi connectivity index (χ1v) is 6.87. The number of nitrogens with one attached hydrogen (secondary N) is 1. The molecule has 2 aromatic carbocycles. The van der Waals surface area contributed by atoms with Gasteiger partial charge in [-0.15, -0.1) is 0 Å². The number of amides is 1. The van der Waals surface area contributed by atoms with Crippen molar-refractivity contribution in [3.8, 4) is 23.0 Å². The lowest BCUT2D eigenvalue weighted by molar-refractivity contribution is -0.130. The summed E-state index contributed by atoms with van der Waals surface area (Å²) < 4.78 is 11.0. The van der Waals surface area contributed by atoms with E-state index in [1.54, 1.807) is 18.2 Å². The van der Waals surface area contributed by atoms with Crippen LogP contribution in [0, 0.1) is 0 Å². The van der Waals surface area contributed by atoms with Gasteiger partial charge in [0, 0.05) is 5.56 Å². The molecule has 1 aliphatic rings. The van der Waals surface area contributed by atoms with E-state index in [2.05, 4.69) is 10.5 Å². The molecule has 7 nitrogen and oxygen atoms in total. The zero-order chi connectivity index (χ0) is 16.2. The Kier molecular flexibility index (Phi) is 4.01. The Morgan fingerprint density at radius 1 is 1.22 bits per heavy atom. The van der Waals surface area contributed by atoms with E-state index in [1.165, 1.54) is 24.4 Å². The van der Waals surface area contributed by atoms with Gasteiger partial charge in [0.1, 0.15) is 18.1 Å². The van der Waals surface area contributed by atoms with E-state index >= 15 is 0 Å².